The summed E-state index contributed by atoms with van der Waals surface area (Å²) in [6.07, 6.45) is 3.66. The zero-order valence-corrected chi connectivity index (χ0v) is 15.7. The number of aromatic nitrogens is 3. The van der Waals surface area contributed by atoms with E-state index < -0.39 is 0 Å². The van der Waals surface area contributed by atoms with Crippen molar-refractivity contribution in [2.45, 2.75) is 13.8 Å². The van der Waals surface area contributed by atoms with Crippen LogP contribution in [0, 0.1) is 6.92 Å². The molecular formula is C22H20N4O2. The van der Waals surface area contributed by atoms with E-state index in [2.05, 4.69) is 15.3 Å². The number of imidazole rings is 1. The number of hydrogen-bond donors (Lipinski definition) is 1. The van der Waals surface area contributed by atoms with E-state index in [0.29, 0.717) is 29.4 Å². The summed E-state index contributed by atoms with van der Waals surface area (Å²) in [6, 6.07) is 16.7. The fourth-order valence-electron chi connectivity index (χ4n) is 3.15. The second-order valence-corrected chi connectivity index (χ2v) is 6.30. The molecule has 0 aliphatic rings. The number of para-hydroxylation sites is 1. The molecule has 1 N–H and O–H groups in total. The minimum atomic E-state index is -0.213. The molecule has 0 unspecified atom stereocenters. The molecule has 0 saturated heterocycles. The molecule has 2 aromatic carbocycles. The molecule has 0 aliphatic heterocycles. The van der Waals surface area contributed by atoms with Crippen molar-refractivity contribution in [3.63, 3.8) is 0 Å². The topological polar surface area (TPSA) is 68.5 Å². The summed E-state index contributed by atoms with van der Waals surface area (Å²) >= 11 is 0. The van der Waals surface area contributed by atoms with Gasteiger partial charge in [0.1, 0.15) is 5.75 Å². The van der Waals surface area contributed by atoms with Crippen LogP contribution in [0.2, 0.25) is 0 Å². The van der Waals surface area contributed by atoms with Gasteiger partial charge in [-0.1, -0.05) is 24.3 Å². The number of nitrogens with zero attached hydrogens (tertiary/aromatic N) is 3. The van der Waals surface area contributed by atoms with Crippen molar-refractivity contribution in [2.24, 2.45) is 0 Å². The molecule has 6 nitrogen and oxygen atoms in total. The zero-order chi connectivity index (χ0) is 19.5. The maximum Gasteiger partial charge on any atom is 0.259 e. The van der Waals surface area contributed by atoms with Crippen molar-refractivity contribution >= 4 is 17.4 Å². The lowest BCUT2D eigenvalue weighted by atomic mass is 10.1. The molecule has 140 valence electrons. The second-order valence-electron chi connectivity index (χ2n) is 6.30. The van der Waals surface area contributed by atoms with Gasteiger partial charge in [-0.25, -0.2) is 9.97 Å². The van der Waals surface area contributed by atoms with Crippen molar-refractivity contribution in [1.29, 1.82) is 0 Å². The predicted molar refractivity (Wildman–Crippen MR) is 109 cm³/mol. The minimum Gasteiger partial charge on any atom is -0.493 e. The van der Waals surface area contributed by atoms with Gasteiger partial charge in [0.05, 0.1) is 17.9 Å². The first-order valence-electron chi connectivity index (χ1n) is 9.10. The normalized spacial score (nSPS) is 10.8. The number of anilines is 1. The fraction of sp³-hybridized carbons (Fsp3) is 0.136. The van der Waals surface area contributed by atoms with Crippen molar-refractivity contribution in [3.05, 3.63) is 78.2 Å². The lowest BCUT2D eigenvalue weighted by molar-refractivity contribution is 0.102. The van der Waals surface area contributed by atoms with E-state index in [1.807, 2.05) is 66.9 Å². The Morgan fingerprint density at radius 2 is 2.00 bits per heavy atom. The molecule has 2 aromatic heterocycles. The Morgan fingerprint density at radius 3 is 2.82 bits per heavy atom. The van der Waals surface area contributed by atoms with Gasteiger partial charge in [0.15, 0.2) is 0 Å². The number of fused-ring (bicyclic) bond motifs is 1. The third-order valence-electron chi connectivity index (χ3n) is 4.47. The van der Waals surface area contributed by atoms with Gasteiger partial charge in [-0.2, -0.15) is 0 Å². The fourth-order valence-corrected chi connectivity index (χ4v) is 3.15. The quantitative estimate of drug-likeness (QED) is 0.565. The predicted octanol–water partition coefficient (Wildman–Crippen LogP) is 4.36. The summed E-state index contributed by atoms with van der Waals surface area (Å²) in [4.78, 5) is 21.7. The van der Waals surface area contributed by atoms with Crippen molar-refractivity contribution in [3.8, 4) is 17.0 Å². The monoisotopic (exact) mass is 372 g/mol. The molecule has 0 bridgehead atoms. The highest BCUT2D eigenvalue weighted by Gasteiger charge is 2.14. The summed E-state index contributed by atoms with van der Waals surface area (Å²) in [6.45, 7) is 4.39. The van der Waals surface area contributed by atoms with E-state index in [4.69, 9.17) is 4.74 Å². The zero-order valence-electron chi connectivity index (χ0n) is 15.7. The van der Waals surface area contributed by atoms with Crippen LogP contribution in [0.5, 0.6) is 5.75 Å². The molecule has 1 amide bonds. The Labute approximate surface area is 162 Å². The average molecular weight is 372 g/mol. The summed E-state index contributed by atoms with van der Waals surface area (Å²) in [5.74, 6) is 1.01. The molecule has 2 heterocycles. The van der Waals surface area contributed by atoms with E-state index in [1.54, 1.807) is 18.3 Å². The first kappa shape index (κ1) is 17.7. The molecule has 4 aromatic rings. The molecule has 4 rings (SSSR count). The van der Waals surface area contributed by atoms with Gasteiger partial charge in [0.25, 0.3) is 5.91 Å². The van der Waals surface area contributed by atoms with E-state index in [0.717, 1.165) is 17.0 Å². The smallest absolute Gasteiger partial charge is 0.259 e. The molecule has 0 radical (unpaired) electrons. The maximum absolute atomic E-state index is 12.7. The van der Waals surface area contributed by atoms with Gasteiger partial charge in [-0.05, 0) is 44.2 Å². The number of carbonyl (C=O) groups excluding carboxylic acids is 1. The Balaban J connectivity index is 1.64. The van der Waals surface area contributed by atoms with Crippen LogP contribution in [-0.2, 0) is 0 Å². The number of rotatable bonds is 5. The number of aryl methyl sites for hydroxylation is 1. The van der Waals surface area contributed by atoms with Gasteiger partial charge < -0.3 is 10.1 Å². The Hall–Kier alpha value is -3.67. The molecule has 0 saturated carbocycles. The van der Waals surface area contributed by atoms with Crippen molar-refractivity contribution in [1.82, 2.24) is 14.4 Å². The molecule has 0 fully saturated rings. The van der Waals surface area contributed by atoms with Crippen LogP contribution in [0.25, 0.3) is 17.0 Å². The van der Waals surface area contributed by atoms with Gasteiger partial charge in [0, 0.05) is 29.3 Å². The number of hydrogen-bond acceptors (Lipinski definition) is 4. The highest BCUT2D eigenvalue weighted by molar-refractivity contribution is 6.06. The molecule has 0 aliphatic carbocycles. The number of nitrogens with one attached hydrogen (secondary N) is 1. The standard InChI is InChI=1S/C22H20N4O2/c1-3-28-19-11-5-4-10-18(19)21(27)24-17-9-6-8-16(14-17)20-15(2)26-13-7-12-23-22(26)25-20/h4-14H,3H2,1-2H3,(H,24,27). The lowest BCUT2D eigenvalue weighted by Gasteiger charge is -2.11. The average Bonchev–Trinajstić information content (AvgIpc) is 3.06. The highest BCUT2D eigenvalue weighted by Crippen LogP contribution is 2.26. The molecular weight excluding hydrogens is 352 g/mol. The lowest BCUT2D eigenvalue weighted by Crippen LogP contribution is -2.13. The van der Waals surface area contributed by atoms with E-state index in [9.17, 15) is 4.79 Å². The van der Waals surface area contributed by atoms with Gasteiger partial charge in [-0.3, -0.25) is 9.20 Å². The van der Waals surface area contributed by atoms with Crippen LogP contribution < -0.4 is 10.1 Å². The third kappa shape index (κ3) is 3.32. The number of benzene rings is 2. The van der Waals surface area contributed by atoms with Gasteiger partial charge in [-0.15, -0.1) is 0 Å². The van der Waals surface area contributed by atoms with Crippen molar-refractivity contribution < 1.29 is 9.53 Å². The van der Waals surface area contributed by atoms with E-state index in [-0.39, 0.29) is 5.91 Å². The van der Waals surface area contributed by atoms with E-state index >= 15 is 0 Å². The summed E-state index contributed by atoms with van der Waals surface area (Å²) < 4.78 is 7.50. The number of carbonyl (C=O) groups is 1. The van der Waals surface area contributed by atoms with Crippen LogP contribution in [0.15, 0.2) is 67.0 Å². The molecule has 6 heteroatoms. The van der Waals surface area contributed by atoms with Crippen LogP contribution >= 0.6 is 0 Å². The minimum absolute atomic E-state index is 0.213. The van der Waals surface area contributed by atoms with Gasteiger partial charge >= 0.3 is 0 Å². The van der Waals surface area contributed by atoms with Gasteiger partial charge in [0.2, 0.25) is 5.78 Å². The maximum atomic E-state index is 12.7. The summed E-state index contributed by atoms with van der Waals surface area (Å²) in [7, 11) is 0. The van der Waals surface area contributed by atoms with Crippen molar-refractivity contribution in [2.75, 3.05) is 11.9 Å². The Kier molecular flexibility index (Phi) is 4.76. The van der Waals surface area contributed by atoms with Crippen LogP contribution in [0.1, 0.15) is 23.0 Å². The first-order chi connectivity index (χ1) is 13.7. The molecule has 28 heavy (non-hydrogen) atoms. The summed E-state index contributed by atoms with van der Waals surface area (Å²) in [5, 5.41) is 2.95. The SMILES string of the molecule is CCOc1ccccc1C(=O)Nc1cccc(-c2nc3ncccn3c2C)c1. The Morgan fingerprint density at radius 1 is 1.14 bits per heavy atom. The molecule has 0 atom stereocenters. The highest BCUT2D eigenvalue weighted by atomic mass is 16.5. The summed E-state index contributed by atoms with van der Waals surface area (Å²) in [5.41, 5.74) is 3.94. The largest absolute Gasteiger partial charge is 0.493 e. The molecule has 0 spiro atoms. The third-order valence-corrected chi connectivity index (χ3v) is 4.47. The second kappa shape index (κ2) is 7.52. The first-order valence-corrected chi connectivity index (χ1v) is 9.10. The Bertz CT molecular complexity index is 1150. The number of amides is 1. The van der Waals surface area contributed by atoms with Crippen LogP contribution in [0.3, 0.4) is 0 Å². The van der Waals surface area contributed by atoms with E-state index in [1.165, 1.54) is 0 Å². The number of ether oxygens (including phenoxy) is 1. The van der Waals surface area contributed by atoms with Crippen LogP contribution in [0.4, 0.5) is 5.69 Å². The van der Waals surface area contributed by atoms with Crippen LogP contribution in [-0.4, -0.2) is 26.9 Å².